The molecule has 0 aliphatic heterocycles. The third kappa shape index (κ3) is 4.21. The summed E-state index contributed by atoms with van der Waals surface area (Å²) >= 11 is 0. The second-order valence-corrected chi connectivity index (χ2v) is 8.85. The molecule has 0 heterocycles. The second kappa shape index (κ2) is 7.44. The van der Waals surface area contributed by atoms with E-state index < -0.39 is 26.0 Å². The quantitative estimate of drug-likeness (QED) is 0.712. The van der Waals surface area contributed by atoms with Crippen molar-refractivity contribution in [2.24, 2.45) is 0 Å². The SMILES string of the molecule is CNS(=O)(=O)c1cc(NS(=O)(=O)c2ccc(C(=O)OC)cc2)ccc1C. The monoisotopic (exact) mass is 398 g/mol. The van der Waals surface area contributed by atoms with Gasteiger partial charge < -0.3 is 4.74 Å². The molecule has 10 heteroatoms. The first-order valence-corrected chi connectivity index (χ1v) is 10.3. The number of carbonyl (C=O) groups excluding carboxylic acids is 1. The molecule has 140 valence electrons. The molecule has 0 radical (unpaired) electrons. The smallest absolute Gasteiger partial charge is 0.337 e. The van der Waals surface area contributed by atoms with Crippen molar-refractivity contribution in [2.45, 2.75) is 16.7 Å². The molecule has 0 aliphatic carbocycles. The Balaban J connectivity index is 2.35. The zero-order chi connectivity index (χ0) is 19.5. The van der Waals surface area contributed by atoms with Gasteiger partial charge in [0.05, 0.1) is 28.2 Å². The number of benzene rings is 2. The molecule has 0 bridgehead atoms. The Kier molecular flexibility index (Phi) is 5.69. The van der Waals surface area contributed by atoms with E-state index in [9.17, 15) is 21.6 Å². The van der Waals surface area contributed by atoms with Crippen molar-refractivity contribution in [3.63, 3.8) is 0 Å². The largest absolute Gasteiger partial charge is 0.465 e. The predicted octanol–water partition coefficient (Wildman–Crippen LogP) is 1.49. The lowest BCUT2D eigenvalue weighted by molar-refractivity contribution is 0.0600. The highest BCUT2D eigenvalue weighted by molar-refractivity contribution is 7.92. The number of methoxy groups -OCH3 is 1. The van der Waals surface area contributed by atoms with E-state index in [1.165, 1.54) is 56.6 Å². The number of ether oxygens (including phenoxy) is 1. The number of carbonyl (C=O) groups is 1. The summed E-state index contributed by atoms with van der Waals surface area (Å²) in [5.41, 5.74) is 0.787. The van der Waals surface area contributed by atoms with Crippen LogP contribution in [0.1, 0.15) is 15.9 Å². The zero-order valence-corrected chi connectivity index (χ0v) is 15.9. The van der Waals surface area contributed by atoms with Crippen LogP contribution in [0.5, 0.6) is 0 Å². The van der Waals surface area contributed by atoms with Crippen LogP contribution in [0, 0.1) is 6.92 Å². The molecule has 0 amide bonds. The first-order valence-electron chi connectivity index (χ1n) is 7.36. The van der Waals surface area contributed by atoms with Gasteiger partial charge in [-0.05, 0) is 55.9 Å². The molecule has 2 N–H and O–H groups in total. The third-order valence-electron chi connectivity index (χ3n) is 3.58. The van der Waals surface area contributed by atoms with Gasteiger partial charge in [-0.15, -0.1) is 0 Å². The fourth-order valence-corrected chi connectivity index (χ4v) is 4.21. The second-order valence-electron chi connectivity index (χ2n) is 5.31. The number of aryl methyl sites for hydroxylation is 1. The van der Waals surface area contributed by atoms with E-state index in [0.29, 0.717) is 5.56 Å². The van der Waals surface area contributed by atoms with Crippen LogP contribution in [0.2, 0.25) is 0 Å². The highest BCUT2D eigenvalue weighted by Gasteiger charge is 2.19. The summed E-state index contributed by atoms with van der Waals surface area (Å²) in [6, 6.07) is 9.37. The van der Waals surface area contributed by atoms with E-state index in [4.69, 9.17) is 0 Å². The maximum atomic E-state index is 12.5. The Hall–Kier alpha value is -2.43. The van der Waals surface area contributed by atoms with Gasteiger partial charge in [-0.1, -0.05) is 6.07 Å². The maximum absolute atomic E-state index is 12.5. The molecule has 0 fully saturated rings. The number of rotatable bonds is 6. The van der Waals surface area contributed by atoms with Crippen molar-refractivity contribution in [1.29, 1.82) is 0 Å². The highest BCUT2D eigenvalue weighted by atomic mass is 32.2. The molecule has 26 heavy (non-hydrogen) atoms. The molecular formula is C16H18N2O6S2. The van der Waals surface area contributed by atoms with Crippen LogP contribution in [-0.2, 0) is 24.8 Å². The normalized spacial score (nSPS) is 11.8. The molecule has 0 aliphatic rings. The average Bonchev–Trinajstić information content (AvgIpc) is 2.62. The minimum Gasteiger partial charge on any atom is -0.465 e. The van der Waals surface area contributed by atoms with Crippen molar-refractivity contribution in [1.82, 2.24) is 4.72 Å². The van der Waals surface area contributed by atoms with Crippen LogP contribution >= 0.6 is 0 Å². The van der Waals surface area contributed by atoms with Gasteiger partial charge in [0.1, 0.15) is 0 Å². The lowest BCUT2D eigenvalue weighted by atomic mass is 10.2. The van der Waals surface area contributed by atoms with Crippen LogP contribution in [0.25, 0.3) is 0 Å². The summed E-state index contributed by atoms with van der Waals surface area (Å²) in [6.07, 6.45) is 0. The van der Waals surface area contributed by atoms with Gasteiger partial charge in [0, 0.05) is 0 Å². The van der Waals surface area contributed by atoms with E-state index in [1.54, 1.807) is 6.92 Å². The van der Waals surface area contributed by atoms with Gasteiger partial charge >= 0.3 is 5.97 Å². The average molecular weight is 398 g/mol. The number of hydrogen-bond donors (Lipinski definition) is 2. The van der Waals surface area contributed by atoms with Crippen LogP contribution in [0.15, 0.2) is 52.3 Å². The molecule has 0 saturated carbocycles. The van der Waals surface area contributed by atoms with Crippen LogP contribution in [-0.4, -0.2) is 37.0 Å². The molecular weight excluding hydrogens is 380 g/mol. The minimum absolute atomic E-state index is 0.0266. The standard InChI is InChI=1S/C16H18N2O6S2/c1-11-4-7-13(10-15(11)26(22,23)17-2)18-25(20,21)14-8-5-12(6-9-14)16(19)24-3/h4-10,17-18H,1-3H3. The Morgan fingerprint density at radius 1 is 0.962 bits per heavy atom. The first kappa shape index (κ1) is 19.9. The molecule has 0 atom stereocenters. The van der Waals surface area contributed by atoms with Crippen LogP contribution in [0.4, 0.5) is 5.69 Å². The highest BCUT2D eigenvalue weighted by Crippen LogP contribution is 2.22. The van der Waals surface area contributed by atoms with Gasteiger partial charge in [0.25, 0.3) is 10.0 Å². The van der Waals surface area contributed by atoms with Crippen LogP contribution < -0.4 is 9.44 Å². The number of hydrogen-bond acceptors (Lipinski definition) is 6. The maximum Gasteiger partial charge on any atom is 0.337 e. The molecule has 2 aromatic rings. The van der Waals surface area contributed by atoms with Gasteiger partial charge in [-0.3, -0.25) is 4.72 Å². The lowest BCUT2D eigenvalue weighted by Crippen LogP contribution is -2.20. The summed E-state index contributed by atoms with van der Waals surface area (Å²) in [6.45, 7) is 1.61. The summed E-state index contributed by atoms with van der Waals surface area (Å²) in [5, 5.41) is 0. The number of anilines is 1. The Labute approximate surface area is 152 Å². The Morgan fingerprint density at radius 3 is 2.12 bits per heavy atom. The van der Waals surface area contributed by atoms with Crippen molar-refractivity contribution in [3.8, 4) is 0 Å². The van der Waals surface area contributed by atoms with Gasteiger partial charge in [-0.2, -0.15) is 0 Å². The van der Waals surface area contributed by atoms with Crippen molar-refractivity contribution >= 4 is 31.7 Å². The summed E-state index contributed by atoms with van der Waals surface area (Å²) in [4.78, 5) is 11.3. The van der Waals surface area contributed by atoms with Crippen LogP contribution in [0.3, 0.4) is 0 Å². The summed E-state index contributed by atoms with van der Waals surface area (Å²) in [5.74, 6) is -0.581. The summed E-state index contributed by atoms with van der Waals surface area (Å²) < 4.78 is 58.0. The van der Waals surface area contributed by atoms with E-state index in [2.05, 4.69) is 14.2 Å². The molecule has 0 unspecified atom stereocenters. The van der Waals surface area contributed by atoms with Gasteiger partial charge in [0.15, 0.2) is 0 Å². The molecule has 8 nitrogen and oxygen atoms in total. The van der Waals surface area contributed by atoms with Crippen molar-refractivity contribution in [2.75, 3.05) is 18.9 Å². The zero-order valence-electron chi connectivity index (χ0n) is 14.3. The minimum atomic E-state index is -3.96. The topological polar surface area (TPSA) is 119 Å². The molecule has 0 spiro atoms. The first-order chi connectivity index (χ1) is 12.1. The molecule has 2 rings (SSSR count). The molecule has 2 aromatic carbocycles. The fourth-order valence-electron chi connectivity index (χ4n) is 2.17. The lowest BCUT2D eigenvalue weighted by Gasteiger charge is -2.12. The fraction of sp³-hybridized carbons (Fsp3) is 0.188. The molecule has 0 saturated heterocycles. The Morgan fingerprint density at radius 2 is 1.58 bits per heavy atom. The van der Waals surface area contributed by atoms with Crippen molar-refractivity contribution < 1.29 is 26.4 Å². The van der Waals surface area contributed by atoms with E-state index in [0.717, 1.165) is 0 Å². The number of nitrogens with one attached hydrogen (secondary N) is 2. The van der Waals surface area contributed by atoms with E-state index >= 15 is 0 Å². The number of esters is 1. The number of sulfonamides is 2. The predicted molar refractivity (Wildman–Crippen MR) is 96.0 cm³/mol. The van der Waals surface area contributed by atoms with Gasteiger partial charge in [-0.25, -0.2) is 26.4 Å². The van der Waals surface area contributed by atoms with E-state index in [-0.39, 0.29) is 21.0 Å². The molecule has 0 aromatic heterocycles. The summed E-state index contributed by atoms with van der Waals surface area (Å²) in [7, 11) is -5.19. The van der Waals surface area contributed by atoms with Gasteiger partial charge in [0.2, 0.25) is 10.0 Å². The van der Waals surface area contributed by atoms with E-state index in [1.807, 2.05) is 0 Å². The third-order valence-corrected chi connectivity index (χ3v) is 6.54. The van der Waals surface area contributed by atoms with Crippen molar-refractivity contribution in [3.05, 3.63) is 53.6 Å². The Bertz CT molecular complexity index is 1030.